The molecule has 0 saturated carbocycles. The van der Waals surface area contributed by atoms with Gasteiger partial charge in [0.05, 0.1) is 25.6 Å². The standard InChI is InChI=1S/C24H25ClN4O6/c1-4-34-17(12-30)11-26-23(32)7-15-5-6-16(25)8-19(15)29-24-18-9-22(35-14(2)31)21(33-3)10-20(18)27-13-28-24/h5-6,8-10,12-13,17H,4,7,11H2,1-3H3,(H,26,32)(H,27,28,29). The maximum Gasteiger partial charge on any atom is 0.308 e. The highest BCUT2D eigenvalue weighted by Gasteiger charge is 2.16. The van der Waals surface area contributed by atoms with Gasteiger partial charge in [0.2, 0.25) is 5.91 Å². The van der Waals surface area contributed by atoms with Crippen molar-refractivity contribution >= 4 is 52.2 Å². The second-order valence-electron chi connectivity index (χ2n) is 7.37. The summed E-state index contributed by atoms with van der Waals surface area (Å²) in [6, 6.07) is 8.30. The van der Waals surface area contributed by atoms with Crippen LogP contribution in [0.25, 0.3) is 10.9 Å². The molecule has 2 N–H and O–H groups in total. The zero-order valence-electron chi connectivity index (χ0n) is 19.5. The van der Waals surface area contributed by atoms with Crippen LogP contribution in [0.3, 0.4) is 0 Å². The molecule has 3 aromatic rings. The number of hydrogen-bond donors (Lipinski definition) is 2. The van der Waals surface area contributed by atoms with Crippen molar-refractivity contribution in [1.29, 1.82) is 0 Å². The number of methoxy groups -OCH3 is 1. The molecule has 11 heteroatoms. The molecule has 0 radical (unpaired) electrons. The lowest BCUT2D eigenvalue weighted by atomic mass is 10.1. The Kier molecular flexibility index (Phi) is 8.93. The van der Waals surface area contributed by atoms with Crippen molar-refractivity contribution in [1.82, 2.24) is 15.3 Å². The first-order valence-electron chi connectivity index (χ1n) is 10.7. The molecular formula is C24H25ClN4O6. The Hall–Kier alpha value is -3.76. The van der Waals surface area contributed by atoms with Crippen LogP contribution in [0.2, 0.25) is 5.02 Å². The van der Waals surface area contributed by atoms with Gasteiger partial charge in [0.1, 0.15) is 18.2 Å². The molecule has 184 valence electrons. The summed E-state index contributed by atoms with van der Waals surface area (Å²) in [6.45, 7) is 3.50. The van der Waals surface area contributed by atoms with Gasteiger partial charge in [-0.2, -0.15) is 0 Å². The van der Waals surface area contributed by atoms with Crippen molar-refractivity contribution in [2.24, 2.45) is 0 Å². The third-order valence-electron chi connectivity index (χ3n) is 4.88. The lowest BCUT2D eigenvalue weighted by Gasteiger charge is -2.15. The predicted molar refractivity (Wildman–Crippen MR) is 130 cm³/mol. The number of rotatable bonds is 11. The largest absolute Gasteiger partial charge is 0.493 e. The minimum atomic E-state index is -0.706. The van der Waals surface area contributed by atoms with E-state index in [1.807, 2.05) is 0 Å². The van der Waals surface area contributed by atoms with Crippen molar-refractivity contribution in [3.63, 3.8) is 0 Å². The highest BCUT2D eigenvalue weighted by atomic mass is 35.5. The molecule has 0 fully saturated rings. The van der Waals surface area contributed by atoms with E-state index >= 15 is 0 Å². The molecule has 0 bridgehead atoms. The fourth-order valence-electron chi connectivity index (χ4n) is 3.31. The Morgan fingerprint density at radius 3 is 2.66 bits per heavy atom. The van der Waals surface area contributed by atoms with E-state index in [9.17, 15) is 14.4 Å². The summed E-state index contributed by atoms with van der Waals surface area (Å²) >= 11 is 6.21. The van der Waals surface area contributed by atoms with E-state index in [-0.39, 0.29) is 24.6 Å². The first-order valence-corrected chi connectivity index (χ1v) is 11.1. The van der Waals surface area contributed by atoms with E-state index in [4.69, 9.17) is 25.8 Å². The Labute approximate surface area is 206 Å². The molecule has 10 nitrogen and oxygen atoms in total. The van der Waals surface area contributed by atoms with E-state index < -0.39 is 12.1 Å². The molecule has 1 aromatic heterocycles. The predicted octanol–water partition coefficient (Wildman–Crippen LogP) is 3.22. The van der Waals surface area contributed by atoms with Crippen LogP contribution in [-0.2, 0) is 25.5 Å². The van der Waals surface area contributed by atoms with E-state index in [1.54, 1.807) is 37.3 Å². The summed E-state index contributed by atoms with van der Waals surface area (Å²) in [5.74, 6) is 0.176. The molecule has 0 saturated heterocycles. The van der Waals surface area contributed by atoms with E-state index in [0.717, 1.165) is 0 Å². The summed E-state index contributed by atoms with van der Waals surface area (Å²) in [7, 11) is 1.46. The SMILES string of the molecule is CCOC(C=O)CNC(=O)Cc1ccc(Cl)cc1Nc1ncnc2cc(OC)c(OC(C)=O)cc12. The molecule has 2 aromatic carbocycles. The Balaban J connectivity index is 1.89. The number of benzene rings is 2. The van der Waals surface area contributed by atoms with Crippen LogP contribution in [0, 0.1) is 0 Å². The average molecular weight is 501 g/mol. The zero-order chi connectivity index (χ0) is 25.4. The number of nitrogens with zero attached hydrogens (tertiary/aromatic N) is 2. The average Bonchev–Trinajstić information content (AvgIpc) is 2.83. The van der Waals surface area contributed by atoms with Gasteiger partial charge < -0.3 is 29.6 Å². The van der Waals surface area contributed by atoms with Gasteiger partial charge in [-0.25, -0.2) is 9.97 Å². The number of aromatic nitrogens is 2. The van der Waals surface area contributed by atoms with Crippen LogP contribution in [-0.4, -0.2) is 54.5 Å². The van der Waals surface area contributed by atoms with Gasteiger partial charge in [-0.15, -0.1) is 0 Å². The number of halogens is 1. The number of esters is 1. The number of aldehydes is 1. The third kappa shape index (κ3) is 6.87. The number of ether oxygens (including phenoxy) is 3. The molecule has 0 aliphatic heterocycles. The van der Waals surface area contributed by atoms with Gasteiger partial charge in [0.15, 0.2) is 17.8 Å². The van der Waals surface area contributed by atoms with E-state index in [0.29, 0.717) is 51.6 Å². The van der Waals surface area contributed by atoms with Crippen LogP contribution in [0.4, 0.5) is 11.5 Å². The van der Waals surface area contributed by atoms with Crippen LogP contribution < -0.4 is 20.1 Å². The lowest BCUT2D eigenvalue weighted by molar-refractivity contribution is -0.132. The van der Waals surface area contributed by atoms with Crippen molar-refractivity contribution < 1.29 is 28.6 Å². The van der Waals surface area contributed by atoms with Crippen LogP contribution in [0.1, 0.15) is 19.4 Å². The first-order chi connectivity index (χ1) is 16.8. The molecule has 1 heterocycles. The van der Waals surface area contributed by atoms with Crippen molar-refractivity contribution in [2.45, 2.75) is 26.4 Å². The lowest BCUT2D eigenvalue weighted by Crippen LogP contribution is -2.35. The quantitative estimate of drug-likeness (QED) is 0.231. The van der Waals surface area contributed by atoms with Crippen LogP contribution in [0.5, 0.6) is 11.5 Å². The zero-order valence-corrected chi connectivity index (χ0v) is 20.2. The minimum Gasteiger partial charge on any atom is -0.493 e. The highest BCUT2D eigenvalue weighted by Crippen LogP contribution is 2.35. The molecule has 1 unspecified atom stereocenters. The molecule has 0 aliphatic rings. The topological polar surface area (TPSA) is 129 Å². The fourth-order valence-corrected chi connectivity index (χ4v) is 3.49. The number of hydrogen-bond acceptors (Lipinski definition) is 9. The molecule has 3 rings (SSSR count). The Morgan fingerprint density at radius 1 is 1.17 bits per heavy atom. The number of anilines is 2. The first kappa shape index (κ1) is 25.9. The third-order valence-corrected chi connectivity index (χ3v) is 5.12. The van der Waals surface area contributed by atoms with Crippen LogP contribution in [0.15, 0.2) is 36.7 Å². The molecule has 0 spiro atoms. The van der Waals surface area contributed by atoms with Crippen molar-refractivity contribution in [3.8, 4) is 11.5 Å². The summed E-state index contributed by atoms with van der Waals surface area (Å²) in [5, 5.41) is 6.91. The molecule has 1 amide bonds. The fraction of sp³-hybridized carbons (Fsp3) is 0.292. The second kappa shape index (κ2) is 12.1. The monoisotopic (exact) mass is 500 g/mol. The molecule has 0 aliphatic carbocycles. The number of fused-ring (bicyclic) bond motifs is 1. The molecule has 1 atom stereocenters. The summed E-state index contributed by atoms with van der Waals surface area (Å²) in [4.78, 5) is 43.7. The van der Waals surface area contributed by atoms with Gasteiger partial charge in [-0.1, -0.05) is 17.7 Å². The molecular weight excluding hydrogens is 476 g/mol. The van der Waals surface area contributed by atoms with Gasteiger partial charge in [-0.3, -0.25) is 9.59 Å². The van der Waals surface area contributed by atoms with Gasteiger partial charge >= 0.3 is 5.97 Å². The number of carbonyl (C=O) groups is 3. The van der Waals surface area contributed by atoms with E-state index in [1.165, 1.54) is 20.4 Å². The number of amides is 1. The number of carbonyl (C=O) groups excluding carboxylic acids is 3. The second-order valence-corrected chi connectivity index (χ2v) is 7.81. The summed E-state index contributed by atoms with van der Waals surface area (Å²) in [5.41, 5.74) is 1.74. The normalized spacial score (nSPS) is 11.5. The molecule has 35 heavy (non-hydrogen) atoms. The van der Waals surface area contributed by atoms with Crippen LogP contribution >= 0.6 is 11.6 Å². The smallest absolute Gasteiger partial charge is 0.308 e. The maximum atomic E-state index is 12.5. The Morgan fingerprint density at radius 2 is 1.97 bits per heavy atom. The number of nitrogens with one attached hydrogen (secondary N) is 2. The highest BCUT2D eigenvalue weighted by molar-refractivity contribution is 6.31. The van der Waals surface area contributed by atoms with Crippen molar-refractivity contribution in [3.05, 3.63) is 47.2 Å². The van der Waals surface area contributed by atoms with Gasteiger partial charge in [-0.05, 0) is 30.7 Å². The maximum absolute atomic E-state index is 12.5. The van der Waals surface area contributed by atoms with Crippen molar-refractivity contribution in [2.75, 3.05) is 25.6 Å². The van der Waals surface area contributed by atoms with Gasteiger partial charge in [0, 0.05) is 35.7 Å². The summed E-state index contributed by atoms with van der Waals surface area (Å²) < 4.78 is 15.8. The van der Waals surface area contributed by atoms with E-state index in [2.05, 4.69) is 20.6 Å². The minimum absolute atomic E-state index is 0.0206. The van der Waals surface area contributed by atoms with Gasteiger partial charge in [0.25, 0.3) is 0 Å². The summed E-state index contributed by atoms with van der Waals surface area (Å²) in [6.07, 6.45) is 1.34. The Bertz CT molecular complexity index is 1240.